The van der Waals surface area contributed by atoms with Crippen LogP contribution in [0.2, 0.25) is 0 Å². The van der Waals surface area contributed by atoms with Gasteiger partial charge in [-0.05, 0) is 17.0 Å². The molecule has 0 aliphatic rings. The Kier molecular flexibility index (Phi) is 3.33. The van der Waals surface area contributed by atoms with E-state index in [0.717, 1.165) is 11.1 Å². The van der Waals surface area contributed by atoms with Crippen molar-refractivity contribution in [2.75, 3.05) is 0 Å². The third-order valence-electron chi connectivity index (χ3n) is 3.03. The molecule has 92 valence electrons. The molecule has 0 aliphatic heterocycles. The van der Waals surface area contributed by atoms with Crippen molar-refractivity contribution >= 4 is 5.78 Å². The summed E-state index contributed by atoms with van der Waals surface area (Å²) in [5.74, 6) is 0.0849. The highest BCUT2D eigenvalue weighted by molar-refractivity contribution is 6.09. The summed E-state index contributed by atoms with van der Waals surface area (Å²) in [7, 11) is 0. The van der Waals surface area contributed by atoms with Gasteiger partial charge in [-0.25, -0.2) is 0 Å². The van der Waals surface area contributed by atoms with Crippen LogP contribution in [0.4, 0.5) is 0 Å². The zero-order chi connectivity index (χ0) is 13.2. The van der Waals surface area contributed by atoms with Gasteiger partial charge in [0, 0.05) is 11.1 Å². The van der Waals surface area contributed by atoms with Gasteiger partial charge >= 0.3 is 0 Å². The van der Waals surface area contributed by atoms with E-state index >= 15 is 0 Å². The van der Waals surface area contributed by atoms with Gasteiger partial charge in [-0.15, -0.1) is 0 Å². The highest BCUT2D eigenvalue weighted by atomic mass is 16.1. The Morgan fingerprint density at radius 2 is 1.44 bits per heavy atom. The Labute approximate surface area is 108 Å². The molecule has 0 amide bonds. The van der Waals surface area contributed by atoms with Gasteiger partial charge in [-0.1, -0.05) is 69.3 Å². The number of carbonyl (C=O) groups is 1. The van der Waals surface area contributed by atoms with Crippen LogP contribution in [0.5, 0.6) is 0 Å². The molecule has 1 heteroatoms. The lowest BCUT2D eigenvalue weighted by Crippen LogP contribution is -2.12. The summed E-state index contributed by atoms with van der Waals surface area (Å²) in [6.07, 6.45) is 0. The van der Waals surface area contributed by atoms with E-state index in [0.29, 0.717) is 0 Å². The molecule has 2 aromatic carbocycles. The average Bonchev–Trinajstić information content (AvgIpc) is 2.38. The van der Waals surface area contributed by atoms with Gasteiger partial charge in [0.2, 0.25) is 0 Å². The minimum Gasteiger partial charge on any atom is -0.289 e. The Balaban J connectivity index is 2.38. The van der Waals surface area contributed by atoms with E-state index in [4.69, 9.17) is 0 Å². The predicted octanol–water partition coefficient (Wildman–Crippen LogP) is 4.22. The lowest BCUT2D eigenvalue weighted by Gasteiger charge is -2.19. The molecule has 0 saturated carbocycles. The SMILES string of the molecule is CC(C)(C)c1cccc(C(=O)c2ccccc2)c1. The average molecular weight is 238 g/mol. The first-order valence-corrected chi connectivity index (χ1v) is 6.19. The van der Waals surface area contributed by atoms with Crippen LogP contribution in [0.1, 0.15) is 42.3 Å². The quantitative estimate of drug-likeness (QED) is 0.716. The maximum atomic E-state index is 12.3. The normalized spacial score (nSPS) is 11.3. The number of hydrogen-bond acceptors (Lipinski definition) is 1. The van der Waals surface area contributed by atoms with E-state index in [9.17, 15) is 4.79 Å². The van der Waals surface area contributed by atoms with Crippen molar-refractivity contribution in [1.29, 1.82) is 0 Å². The van der Waals surface area contributed by atoms with Gasteiger partial charge in [-0.2, -0.15) is 0 Å². The third-order valence-corrected chi connectivity index (χ3v) is 3.03. The molecule has 0 spiro atoms. The number of hydrogen-bond donors (Lipinski definition) is 0. The zero-order valence-electron chi connectivity index (χ0n) is 11.1. The van der Waals surface area contributed by atoms with Crippen molar-refractivity contribution in [1.82, 2.24) is 0 Å². The second-order valence-corrected chi connectivity index (χ2v) is 5.53. The number of carbonyl (C=O) groups excluding carboxylic acids is 1. The second-order valence-electron chi connectivity index (χ2n) is 5.53. The predicted molar refractivity (Wildman–Crippen MR) is 75.0 cm³/mol. The molecule has 0 N–H and O–H groups in total. The van der Waals surface area contributed by atoms with Crippen LogP contribution in [0, 0.1) is 0 Å². The van der Waals surface area contributed by atoms with Crippen molar-refractivity contribution in [3.05, 3.63) is 71.3 Å². The molecule has 0 aromatic heterocycles. The fourth-order valence-corrected chi connectivity index (χ4v) is 1.88. The maximum Gasteiger partial charge on any atom is 0.193 e. The molecule has 2 aromatic rings. The highest BCUT2D eigenvalue weighted by Gasteiger charge is 2.16. The van der Waals surface area contributed by atoms with Crippen LogP contribution < -0.4 is 0 Å². The van der Waals surface area contributed by atoms with Crippen LogP contribution in [0.25, 0.3) is 0 Å². The molecule has 1 nitrogen and oxygen atoms in total. The standard InChI is InChI=1S/C17H18O/c1-17(2,3)15-11-7-10-14(12-15)16(18)13-8-5-4-6-9-13/h4-12H,1-3H3. The van der Waals surface area contributed by atoms with Gasteiger partial charge in [-0.3, -0.25) is 4.79 Å². The molecule has 0 fully saturated rings. The lowest BCUT2D eigenvalue weighted by atomic mass is 9.85. The van der Waals surface area contributed by atoms with Crippen LogP contribution in [-0.4, -0.2) is 5.78 Å². The van der Waals surface area contributed by atoms with E-state index < -0.39 is 0 Å². The van der Waals surface area contributed by atoms with Crippen LogP contribution in [0.3, 0.4) is 0 Å². The van der Waals surface area contributed by atoms with Gasteiger partial charge in [0.25, 0.3) is 0 Å². The molecule has 2 rings (SSSR count). The minimum absolute atomic E-state index is 0.0625. The van der Waals surface area contributed by atoms with Crippen LogP contribution >= 0.6 is 0 Å². The second kappa shape index (κ2) is 4.77. The van der Waals surface area contributed by atoms with E-state index in [2.05, 4.69) is 26.8 Å². The summed E-state index contributed by atoms with van der Waals surface area (Å²) in [6, 6.07) is 17.3. The molecular weight excluding hydrogens is 220 g/mol. The van der Waals surface area contributed by atoms with Crippen molar-refractivity contribution in [3.8, 4) is 0 Å². The van der Waals surface area contributed by atoms with Crippen molar-refractivity contribution in [3.63, 3.8) is 0 Å². The molecule has 18 heavy (non-hydrogen) atoms. The Bertz CT molecular complexity index is 547. The van der Waals surface area contributed by atoms with Crippen LogP contribution in [0.15, 0.2) is 54.6 Å². The molecule has 0 heterocycles. The Hall–Kier alpha value is -1.89. The summed E-state index contributed by atoms with van der Waals surface area (Å²) in [6.45, 7) is 6.46. The van der Waals surface area contributed by atoms with Crippen LogP contribution in [-0.2, 0) is 5.41 Å². The summed E-state index contributed by atoms with van der Waals surface area (Å²) >= 11 is 0. The fourth-order valence-electron chi connectivity index (χ4n) is 1.88. The molecule has 0 atom stereocenters. The van der Waals surface area contributed by atoms with E-state index in [1.807, 2.05) is 48.5 Å². The number of ketones is 1. The molecule has 0 saturated heterocycles. The molecule has 0 radical (unpaired) electrons. The van der Waals surface area contributed by atoms with E-state index in [1.165, 1.54) is 5.56 Å². The third kappa shape index (κ3) is 2.67. The first-order chi connectivity index (χ1) is 8.48. The lowest BCUT2D eigenvalue weighted by molar-refractivity contribution is 0.103. The van der Waals surface area contributed by atoms with Gasteiger partial charge in [0.1, 0.15) is 0 Å². The van der Waals surface area contributed by atoms with Crippen molar-refractivity contribution in [2.24, 2.45) is 0 Å². The van der Waals surface area contributed by atoms with Gasteiger partial charge in [0.05, 0.1) is 0 Å². The minimum atomic E-state index is 0.0625. The molecule has 0 bridgehead atoms. The van der Waals surface area contributed by atoms with E-state index in [1.54, 1.807) is 0 Å². The van der Waals surface area contributed by atoms with Crippen molar-refractivity contribution in [2.45, 2.75) is 26.2 Å². The first-order valence-electron chi connectivity index (χ1n) is 6.19. The largest absolute Gasteiger partial charge is 0.289 e. The number of rotatable bonds is 2. The van der Waals surface area contributed by atoms with Gasteiger partial charge in [0.15, 0.2) is 5.78 Å². The molecule has 0 aliphatic carbocycles. The number of benzene rings is 2. The Morgan fingerprint density at radius 3 is 2.06 bits per heavy atom. The first kappa shape index (κ1) is 12.6. The smallest absolute Gasteiger partial charge is 0.193 e. The van der Waals surface area contributed by atoms with Gasteiger partial charge < -0.3 is 0 Å². The Morgan fingerprint density at radius 1 is 0.833 bits per heavy atom. The maximum absolute atomic E-state index is 12.3. The molecular formula is C17H18O. The fraction of sp³-hybridized carbons (Fsp3) is 0.235. The zero-order valence-corrected chi connectivity index (χ0v) is 11.1. The summed E-state index contributed by atoms with van der Waals surface area (Å²) in [5.41, 5.74) is 2.74. The topological polar surface area (TPSA) is 17.1 Å². The van der Waals surface area contributed by atoms with E-state index in [-0.39, 0.29) is 11.2 Å². The van der Waals surface area contributed by atoms with Crippen molar-refractivity contribution < 1.29 is 4.79 Å². The summed E-state index contributed by atoms with van der Waals surface area (Å²) in [5, 5.41) is 0. The monoisotopic (exact) mass is 238 g/mol. The summed E-state index contributed by atoms with van der Waals surface area (Å²) in [4.78, 5) is 12.3. The summed E-state index contributed by atoms with van der Waals surface area (Å²) < 4.78 is 0. The molecule has 0 unspecified atom stereocenters. The highest BCUT2D eigenvalue weighted by Crippen LogP contribution is 2.23.